The van der Waals surface area contributed by atoms with Gasteiger partial charge in [-0.1, -0.05) is 18.2 Å². The maximum atomic E-state index is 4.39. The van der Waals surface area contributed by atoms with Crippen LogP contribution in [0.2, 0.25) is 0 Å². The fourth-order valence-corrected chi connectivity index (χ4v) is 2.20. The monoisotopic (exact) mass is 234 g/mol. The highest BCUT2D eigenvalue weighted by Gasteiger charge is 2.01. The van der Waals surface area contributed by atoms with E-state index in [-0.39, 0.29) is 0 Å². The summed E-state index contributed by atoms with van der Waals surface area (Å²) in [4.78, 5) is 8.43. The van der Waals surface area contributed by atoms with Crippen LogP contribution in [0.5, 0.6) is 0 Å². The molecule has 0 radical (unpaired) electrons. The molecule has 0 spiro atoms. The van der Waals surface area contributed by atoms with Gasteiger partial charge in [-0.2, -0.15) is 0 Å². The quantitative estimate of drug-likeness (QED) is 0.694. The number of hydrogen-bond donors (Lipinski definition) is 0. The second kappa shape index (κ2) is 4.96. The molecular formula is C16H14N2. The highest BCUT2D eigenvalue weighted by molar-refractivity contribution is 5.81. The van der Waals surface area contributed by atoms with E-state index in [0.717, 1.165) is 18.4 Å². The topological polar surface area (TPSA) is 25.8 Å². The third-order valence-corrected chi connectivity index (χ3v) is 3.17. The average Bonchev–Trinajstić information content (AvgIpc) is 2.46. The van der Waals surface area contributed by atoms with Crippen molar-refractivity contribution in [2.75, 3.05) is 0 Å². The fourth-order valence-electron chi connectivity index (χ4n) is 2.20. The van der Waals surface area contributed by atoms with Crippen LogP contribution in [0.25, 0.3) is 10.9 Å². The Bertz CT molecular complexity index is 642. The number of para-hydroxylation sites is 1. The number of benzene rings is 1. The lowest BCUT2D eigenvalue weighted by Gasteiger charge is -2.05. The first kappa shape index (κ1) is 10.9. The van der Waals surface area contributed by atoms with E-state index in [4.69, 9.17) is 0 Å². The molecule has 0 saturated carbocycles. The minimum absolute atomic E-state index is 1.03. The fraction of sp³-hybridized carbons (Fsp3) is 0.125. The first-order valence-electron chi connectivity index (χ1n) is 6.15. The Kier molecular flexibility index (Phi) is 3.01. The van der Waals surface area contributed by atoms with Crippen molar-refractivity contribution >= 4 is 10.9 Å². The van der Waals surface area contributed by atoms with Crippen LogP contribution < -0.4 is 0 Å². The van der Waals surface area contributed by atoms with E-state index < -0.39 is 0 Å². The minimum Gasteiger partial charge on any atom is -0.265 e. The van der Waals surface area contributed by atoms with E-state index in [2.05, 4.69) is 46.4 Å². The molecule has 88 valence electrons. The van der Waals surface area contributed by atoms with Gasteiger partial charge in [0.1, 0.15) is 0 Å². The Hall–Kier alpha value is -2.22. The lowest BCUT2D eigenvalue weighted by Crippen LogP contribution is -1.93. The van der Waals surface area contributed by atoms with Crippen molar-refractivity contribution in [2.24, 2.45) is 0 Å². The molecule has 1 aromatic carbocycles. The predicted molar refractivity (Wildman–Crippen MR) is 73.4 cm³/mol. The molecular weight excluding hydrogens is 220 g/mol. The van der Waals surface area contributed by atoms with Gasteiger partial charge >= 0.3 is 0 Å². The van der Waals surface area contributed by atoms with Crippen LogP contribution >= 0.6 is 0 Å². The molecule has 0 saturated heterocycles. The second-order valence-electron chi connectivity index (χ2n) is 4.34. The van der Waals surface area contributed by atoms with Gasteiger partial charge in [0.05, 0.1) is 5.52 Å². The van der Waals surface area contributed by atoms with Crippen molar-refractivity contribution in [3.8, 4) is 0 Å². The van der Waals surface area contributed by atoms with Crippen LogP contribution in [0.15, 0.2) is 61.1 Å². The number of fused-ring (bicyclic) bond motifs is 1. The smallest absolute Gasteiger partial charge is 0.0704 e. The highest BCUT2D eigenvalue weighted by atomic mass is 14.6. The zero-order valence-electron chi connectivity index (χ0n) is 10.1. The summed E-state index contributed by atoms with van der Waals surface area (Å²) in [7, 11) is 0. The molecule has 2 heteroatoms. The largest absolute Gasteiger partial charge is 0.265 e. The standard InChI is InChI=1S/C16H14N2/c1-2-4-16-15(3-1)14(9-12-18-16)6-5-13-7-10-17-11-8-13/h1-4,7-12H,5-6H2. The van der Waals surface area contributed by atoms with Crippen LogP contribution in [0.3, 0.4) is 0 Å². The Labute approximate surface area is 106 Å². The van der Waals surface area contributed by atoms with Crippen LogP contribution in [0, 0.1) is 0 Å². The van der Waals surface area contributed by atoms with Gasteiger partial charge in [-0.3, -0.25) is 9.97 Å². The molecule has 2 aromatic heterocycles. The molecule has 3 rings (SSSR count). The number of nitrogens with zero attached hydrogens (tertiary/aromatic N) is 2. The first-order valence-corrected chi connectivity index (χ1v) is 6.15. The van der Waals surface area contributed by atoms with Gasteiger partial charge in [-0.05, 0) is 48.2 Å². The predicted octanol–water partition coefficient (Wildman–Crippen LogP) is 3.42. The maximum Gasteiger partial charge on any atom is 0.0704 e. The molecule has 3 aromatic rings. The van der Waals surface area contributed by atoms with Gasteiger partial charge < -0.3 is 0 Å². The van der Waals surface area contributed by atoms with Crippen LogP contribution in [-0.2, 0) is 12.8 Å². The van der Waals surface area contributed by atoms with Gasteiger partial charge in [0.2, 0.25) is 0 Å². The Morgan fingerprint density at radius 2 is 1.61 bits per heavy atom. The second-order valence-corrected chi connectivity index (χ2v) is 4.34. The zero-order chi connectivity index (χ0) is 12.2. The van der Waals surface area contributed by atoms with Crippen LogP contribution in [-0.4, -0.2) is 9.97 Å². The third-order valence-electron chi connectivity index (χ3n) is 3.17. The Balaban J connectivity index is 1.87. The van der Waals surface area contributed by atoms with Gasteiger partial charge in [-0.25, -0.2) is 0 Å². The summed E-state index contributed by atoms with van der Waals surface area (Å²) in [5.41, 5.74) is 3.76. The average molecular weight is 234 g/mol. The number of hydrogen-bond acceptors (Lipinski definition) is 2. The highest BCUT2D eigenvalue weighted by Crippen LogP contribution is 2.17. The van der Waals surface area contributed by atoms with Gasteiger partial charge in [-0.15, -0.1) is 0 Å². The van der Waals surface area contributed by atoms with Crippen molar-refractivity contribution in [2.45, 2.75) is 12.8 Å². The van der Waals surface area contributed by atoms with Crippen molar-refractivity contribution in [1.29, 1.82) is 0 Å². The summed E-state index contributed by atoms with van der Waals surface area (Å²) in [6, 6.07) is 14.6. The molecule has 0 unspecified atom stereocenters. The van der Waals surface area contributed by atoms with Gasteiger partial charge in [0, 0.05) is 24.0 Å². The van der Waals surface area contributed by atoms with Gasteiger partial charge in [0.25, 0.3) is 0 Å². The molecule has 0 N–H and O–H groups in total. The van der Waals surface area contributed by atoms with Crippen molar-refractivity contribution in [3.05, 3.63) is 72.2 Å². The third kappa shape index (κ3) is 2.23. The summed E-state index contributed by atoms with van der Waals surface area (Å²) in [6.07, 6.45) is 7.66. The number of rotatable bonds is 3. The first-order chi connectivity index (χ1) is 8.93. The van der Waals surface area contributed by atoms with E-state index in [1.54, 1.807) is 0 Å². The van der Waals surface area contributed by atoms with Gasteiger partial charge in [0.15, 0.2) is 0 Å². The van der Waals surface area contributed by atoms with E-state index in [1.807, 2.05) is 24.7 Å². The van der Waals surface area contributed by atoms with Crippen LogP contribution in [0.4, 0.5) is 0 Å². The maximum absolute atomic E-state index is 4.39. The molecule has 0 aliphatic carbocycles. The van der Waals surface area contributed by atoms with Crippen molar-refractivity contribution in [1.82, 2.24) is 9.97 Å². The Morgan fingerprint density at radius 3 is 2.50 bits per heavy atom. The van der Waals surface area contributed by atoms with E-state index in [0.29, 0.717) is 0 Å². The van der Waals surface area contributed by atoms with Crippen molar-refractivity contribution in [3.63, 3.8) is 0 Å². The Morgan fingerprint density at radius 1 is 0.778 bits per heavy atom. The van der Waals surface area contributed by atoms with Crippen molar-refractivity contribution < 1.29 is 0 Å². The molecule has 0 amide bonds. The molecule has 0 atom stereocenters. The SMILES string of the molecule is c1ccc2c(CCc3ccncc3)ccnc2c1. The molecule has 0 aliphatic heterocycles. The molecule has 0 bridgehead atoms. The van der Waals surface area contributed by atoms with Crippen LogP contribution in [0.1, 0.15) is 11.1 Å². The number of aromatic nitrogens is 2. The molecule has 18 heavy (non-hydrogen) atoms. The zero-order valence-corrected chi connectivity index (χ0v) is 10.1. The summed E-state index contributed by atoms with van der Waals surface area (Å²) >= 11 is 0. The molecule has 2 nitrogen and oxygen atoms in total. The lowest BCUT2D eigenvalue weighted by atomic mass is 10.0. The van der Waals surface area contributed by atoms with E-state index in [9.17, 15) is 0 Å². The summed E-state index contributed by atoms with van der Waals surface area (Å²) in [5, 5.41) is 1.26. The summed E-state index contributed by atoms with van der Waals surface area (Å²) < 4.78 is 0. The van der Waals surface area contributed by atoms with E-state index in [1.165, 1.54) is 16.5 Å². The minimum atomic E-state index is 1.03. The molecule has 0 aliphatic rings. The molecule has 2 heterocycles. The molecule has 0 fully saturated rings. The normalized spacial score (nSPS) is 10.7. The van der Waals surface area contributed by atoms with E-state index >= 15 is 0 Å². The summed E-state index contributed by atoms with van der Waals surface area (Å²) in [6.45, 7) is 0. The number of pyridine rings is 2. The summed E-state index contributed by atoms with van der Waals surface area (Å²) in [5.74, 6) is 0. The lowest BCUT2D eigenvalue weighted by molar-refractivity contribution is 0.961. The number of aryl methyl sites for hydroxylation is 2.